The highest BCUT2D eigenvalue weighted by Crippen LogP contribution is 2.34. The van der Waals surface area contributed by atoms with Gasteiger partial charge in [0.15, 0.2) is 0 Å². The molecule has 19 heavy (non-hydrogen) atoms. The maximum Gasteiger partial charge on any atom is 0.141 e. The molecule has 0 aromatic rings. The van der Waals surface area contributed by atoms with Gasteiger partial charge in [-0.15, -0.1) is 0 Å². The van der Waals surface area contributed by atoms with Crippen LogP contribution in [0.25, 0.3) is 0 Å². The summed E-state index contributed by atoms with van der Waals surface area (Å²) in [5.74, 6) is 0. The van der Waals surface area contributed by atoms with Crippen LogP contribution in [0.5, 0.6) is 0 Å². The van der Waals surface area contributed by atoms with E-state index < -0.39 is 0 Å². The molecule has 2 rings (SSSR count). The van der Waals surface area contributed by atoms with Crippen LogP contribution in [0.2, 0.25) is 0 Å². The molecule has 1 N–H and O–H groups in total. The molecule has 0 spiro atoms. The highest BCUT2D eigenvalue weighted by Gasteiger charge is 2.52. The van der Waals surface area contributed by atoms with Crippen molar-refractivity contribution >= 4 is 6.29 Å². The first-order chi connectivity index (χ1) is 9.37. The van der Waals surface area contributed by atoms with Gasteiger partial charge in [0.1, 0.15) is 6.29 Å². The Kier molecular flexibility index (Phi) is 6.09. The molecule has 0 aromatic heterocycles. The van der Waals surface area contributed by atoms with Gasteiger partial charge in [-0.25, -0.2) is 0 Å². The molecule has 1 saturated heterocycles. The van der Waals surface area contributed by atoms with Crippen molar-refractivity contribution in [3.63, 3.8) is 0 Å². The molecule has 0 amide bonds. The Hall–Kier alpha value is -0.630. The monoisotopic (exact) mass is 263 g/mol. The first kappa shape index (κ1) is 14.8. The number of nitrogens with one attached hydrogen (secondary N) is 1. The fourth-order valence-corrected chi connectivity index (χ4v) is 3.27. The summed E-state index contributed by atoms with van der Waals surface area (Å²) in [4.78, 5) is 11.3. The molecular weight excluding hydrogens is 234 g/mol. The minimum atomic E-state index is -0.128. The normalized spacial score (nSPS) is 36.1. The Balaban J connectivity index is 1.75. The average molecular weight is 263 g/mol. The van der Waals surface area contributed by atoms with Gasteiger partial charge in [-0.3, -0.25) is 5.32 Å². The molecule has 108 valence electrons. The Bertz CT molecular complexity index is 300. The van der Waals surface area contributed by atoms with Crippen molar-refractivity contribution in [3.05, 3.63) is 12.2 Å². The van der Waals surface area contributed by atoms with Crippen LogP contribution in [0.15, 0.2) is 12.2 Å². The number of carbonyl (C=O) groups excluding carboxylic acids is 1. The molecule has 2 atom stereocenters. The minimum absolute atomic E-state index is 0.128. The number of fused-ring (bicyclic) bond motifs is 1. The number of allylic oxidation sites excluding steroid dienone is 2. The highest BCUT2D eigenvalue weighted by atomic mass is 16.1. The van der Waals surface area contributed by atoms with Crippen LogP contribution in [0.4, 0.5) is 0 Å². The summed E-state index contributed by atoms with van der Waals surface area (Å²) in [6.45, 7) is 0. The number of carbonyl (C=O) groups is 1. The first-order valence-electron chi connectivity index (χ1n) is 8.26. The zero-order valence-corrected chi connectivity index (χ0v) is 12.2. The van der Waals surface area contributed by atoms with Crippen LogP contribution in [-0.2, 0) is 4.79 Å². The molecule has 0 radical (unpaired) electrons. The summed E-state index contributed by atoms with van der Waals surface area (Å²) < 4.78 is 0. The zero-order valence-electron chi connectivity index (χ0n) is 12.2. The summed E-state index contributed by atoms with van der Waals surface area (Å²) in [6, 6.07) is 0.484. The van der Waals surface area contributed by atoms with Crippen molar-refractivity contribution in [2.75, 3.05) is 0 Å². The second kappa shape index (κ2) is 7.84. The summed E-state index contributed by atoms with van der Waals surface area (Å²) in [5, 5.41) is 3.45. The molecule has 2 heteroatoms. The van der Waals surface area contributed by atoms with Crippen LogP contribution in [0.3, 0.4) is 0 Å². The van der Waals surface area contributed by atoms with E-state index in [1.165, 1.54) is 76.9 Å². The van der Waals surface area contributed by atoms with Crippen molar-refractivity contribution in [2.24, 2.45) is 0 Å². The van der Waals surface area contributed by atoms with Gasteiger partial charge in [0, 0.05) is 6.04 Å². The predicted octanol–water partition coefficient (Wildman–Crippen LogP) is 4.15. The molecule has 1 aliphatic heterocycles. The molecular formula is C17H29NO. The molecule has 0 aromatic carbocycles. The Morgan fingerprint density at radius 3 is 2.21 bits per heavy atom. The van der Waals surface area contributed by atoms with Gasteiger partial charge in [-0.05, 0) is 38.5 Å². The van der Waals surface area contributed by atoms with E-state index in [9.17, 15) is 4.79 Å². The van der Waals surface area contributed by atoms with E-state index in [1.807, 2.05) is 0 Å². The lowest BCUT2D eigenvalue weighted by atomic mass is 9.95. The Morgan fingerprint density at radius 1 is 0.895 bits per heavy atom. The summed E-state index contributed by atoms with van der Waals surface area (Å²) in [6.07, 6.45) is 21.0. The molecule has 2 unspecified atom stereocenters. The van der Waals surface area contributed by atoms with Gasteiger partial charge >= 0.3 is 0 Å². The van der Waals surface area contributed by atoms with E-state index in [2.05, 4.69) is 17.5 Å². The van der Waals surface area contributed by atoms with Gasteiger partial charge in [-0.1, -0.05) is 50.7 Å². The maximum atomic E-state index is 11.3. The van der Waals surface area contributed by atoms with E-state index in [0.29, 0.717) is 6.04 Å². The molecule has 0 saturated carbocycles. The second-order valence-corrected chi connectivity index (χ2v) is 6.27. The van der Waals surface area contributed by atoms with E-state index in [1.54, 1.807) is 0 Å². The van der Waals surface area contributed by atoms with E-state index in [-0.39, 0.29) is 5.54 Å². The van der Waals surface area contributed by atoms with Gasteiger partial charge in [0.25, 0.3) is 0 Å². The topological polar surface area (TPSA) is 39.0 Å². The molecule has 1 fully saturated rings. The van der Waals surface area contributed by atoms with Crippen LogP contribution in [0, 0.1) is 0 Å². The number of hydrogen-bond acceptors (Lipinski definition) is 2. The number of aldehydes is 1. The zero-order chi connectivity index (χ0) is 13.4. The molecule has 0 bridgehead atoms. The van der Waals surface area contributed by atoms with Crippen LogP contribution >= 0.6 is 0 Å². The quantitative estimate of drug-likeness (QED) is 0.438. The third kappa shape index (κ3) is 4.76. The summed E-state index contributed by atoms with van der Waals surface area (Å²) in [7, 11) is 0. The average Bonchev–Trinajstić information content (AvgIpc) is 3.12. The van der Waals surface area contributed by atoms with Crippen molar-refractivity contribution in [2.45, 2.75) is 88.6 Å². The SMILES string of the molecule is O=CC12CCCCCC/C=C/CCCCCCC1N2. The lowest BCUT2D eigenvalue weighted by Crippen LogP contribution is -2.19. The smallest absolute Gasteiger partial charge is 0.141 e. The third-order valence-corrected chi connectivity index (χ3v) is 4.68. The predicted molar refractivity (Wildman–Crippen MR) is 80.3 cm³/mol. The van der Waals surface area contributed by atoms with Gasteiger partial charge in [-0.2, -0.15) is 0 Å². The Labute approximate surface area is 118 Å². The lowest BCUT2D eigenvalue weighted by molar-refractivity contribution is -0.110. The standard InChI is InChI=1S/C17H29NO/c19-15-17-14-12-10-8-6-4-2-1-3-5-7-9-11-13-16(17)18-17/h1-2,15-16,18H,3-14H2/b2-1+. The largest absolute Gasteiger partial charge is 0.301 e. The van der Waals surface area contributed by atoms with Crippen LogP contribution in [-0.4, -0.2) is 17.9 Å². The van der Waals surface area contributed by atoms with Gasteiger partial charge in [0.05, 0.1) is 5.54 Å². The fraction of sp³-hybridized carbons (Fsp3) is 0.824. The Morgan fingerprint density at radius 2 is 1.53 bits per heavy atom. The van der Waals surface area contributed by atoms with E-state index in [4.69, 9.17) is 0 Å². The van der Waals surface area contributed by atoms with E-state index in [0.717, 1.165) is 6.42 Å². The number of hydrogen-bond donors (Lipinski definition) is 1. The van der Waals surface area contributed by atoms with Crippen molar-refractivity contribution in [1.29, 1.82) is 0 Å². The van der Waals surface area contributed by atoms with Crippen molar-refractivity contribution in [3.8, 4) is 0 Å². The van der Waals surface area contributed by atoms with E-state index >= 15 is 0 Å². The molecule has 2 aliphatic rings. The van der Waals surface area contributed by atoms with Crippen molar-refractivity contribution < 1.29 is 4.79 Å². The number of rotatable bonds is 1. The lowest BCUT2D eigenvalue weighted by Gasteiger charge is -2.08. The third-order valence-electron chi connectivity index (χ3n) is 4.68. The van der Waals surface area contributed by atoms with Crippen LogP contribution < -0.4 is 5.32 Å². The van der Waals surface area contributed by atoms with Gasteiger partial charge < -0.3 is 4.79 Å². The minimum Gasteiger partial charge on any atom is -0.301 e. The highest BCUT2D eigenvalue weighted by molar-refractivity contribution is 5.71. The second-order valence-electron chi connectivity index (χ2n) is 6.27. The fourth-order valence-electron chi connectivity index (χ4n) is 3.27. The molecule has 1 aliphatic carbocycles. The first-order valence-corrected chi connectivity index (χ1v) is 8.26. The summed E-state index contributed by atoms with van der Waals surface area (Å²) >= 11 is 0. The van der Waals surface area contributed by atoms with Crippen molar-refractivity contribution in [1.82, 2.24) is 5.32 Å². The molecule has 2 nitrogen and oxygen atoms in total. The summed E-state index contributed by atoms with van der Waals surface area (Å²) in [5.41, 5.74) is -0.128. The molecule has 1 heterocycles. The van der Waals surface area contributed by atoms with Gasteiger partial charge in [0.2, 0.25) is 0 Å². The maximum absolute atomic E-state index is 11.3. The van der Waals surface area contributed by atoms with Crippen LogP contribution in [0.1, 0.15) is 77.0 Å².